The molecule has 8 rings (SSSR count). The van der Waals surface area contributed by atoms with Crippen LogP contribution in [0.4, 0.5) is 29.1 Å². The number of aromatic nitrogens is 1. The van der Waals surface area contributed by atoms with E-state index in [4.69, 9.17) is 27.9 Å². The molecule has 4 amide bonds. The maximum Gasteiger partial charge on any atom is 0.433 e. The first-order chi connectivity index (χ1) is 27.6. The second-order valence-electron chi connectivity index (χ2n) is 14.5. The lowest BCUT2D eigenvalue weighted by atomic mass is 9.49. The second kappa shape index (κ2) is 14.3. The number of carbonyl (C=O) groups excluding carboxylic acids is 4. The molecule has 1 saturated carbocycles. The van der Waals surface area contributed by atoms with Crippen molar-refractivity contribution in [2.24, 2.45) is 23.7 Å². The van der Waals surface area contributed by atoms with E-state index < -0.39 is 82.1 Å². The Balaban J connectivity index is 1.29. The van der Waals surface area contributed by atoms with Crippen LogP contribution >= 0.6 is 23.2 Å². The number of amides is 4. The molecule has 1 aromatic heterocycles. The molecular formula is C41H33Cl2F4N5O6. The van der Waals surface area contributed by atoms with E-state index in [1.54, 1.807) is 49.4 Å². The zero-order chi connectivity index (χ0) is 41.4. The summed E-state index contributed by atoms with van der Waals surface area (Å²) in [7, 11) is 1.22. The Kier molecular flexibility index (Phi) is 9.66. The van der Waals surface area contributed by atoms with Crippen LogP contribution in [0.15, 0.2) is 90.5 Å². The molecule has 0 bridgehead atoms. The van der Waals surface area contributed by atoms with Crippen molar-refractivity contribution in [1.82, 2.24) is 15.0 Å². The number of hydrazine groups is 2. The minimum Gasteiger partial charge on any atom is -0.504 e. The summed E-state index contributed by atoms with van der Waals surface area (Å²) < 4.78 is 60.8. The molecule has 4 aliphatic rings. The van der Waals surface area contributed by atoms with Gasteiger partial charge in [0.1, 0.15) is 11.5 Å². The van der Waals surface area contributed by atoms with Gasteiger partial charge in [-0.1, -0.05) is 53.1 Å². The molecule has 3 fully saturated rings. The van der Waals surface area contributed by atoms with Gasteiger partial charge in [0.2, 0.25) is 0 Å². The number of aromatic hydroxyl groups is 1. The monoisotopic (exact) mass is 837 g/mol. The Morgan fingerprint density at radius 3 is 2.33 bits per heavy atom. The number of alkyl halides is 3. The summed E-state index contributed by atoms with van der Waals surface area (Å²) in [6.07, 6.45) is -3.16. The molecule has 4 aromatic rings. The van der Waals surface area contributed by atoms with Crippen molar-refractivity contribution in [3.8, 4) is 11.5 Å². The average Bonchev–Trinajstić information content (AvgIpc) is 3.57. The fourth-order valence-corrected chi connectivity index (χ4v) is 9.56. The zero-order valence-corrected chi connectivity index (χ0v) is 32.1. The summed E-state index contributed by atoms with van der Waals surface area (Å²) in [5.41, 5.74) is 1.55. The van der Waals surface area contributed by atoms with E-state index in [0.29, 0.717) is 27.8 Å². The van der Waals surface area contributed by atoms with E-state index in [0.717, 1.165) is 33.2 Å². The molecule has 6 unspecified atom stereocenters. The third-order valence-corrected chi connectivity index (χ3v) is 12.1. The average molecular weight is 839 g/mol. The summed E-state index contributed by atoms with van der Waals surface area (Å²) >= 11 is 12.6. The van der Waals surface area contributed by atoms with Gasteiger partial charge in [-0.3, -0.25) is 29.6 Å². The van der Waals surface area contributed by atoms with Gasteiger partial charge in [-0.25, -0.2) is 9.37 Å². The van der Waals surface area contributed by atoms with Gasteiger partial charge >= 0.3 is 6.18 Å². The Bertz CT molecular complexity index is 2400. The molecule has 2 aliphatic carbocycles. The number of fused-ring (bicyclic) bond motifs is 4. The zero-order valence-electron chi connectivity index (χ0n) is 30.6. The summed E-state index contributed by atoms with van der Waals surface area (Å²) in [5.74, 6) is -9.01. The van der Waals surface area contributed by atoms with Gasteiger partial charge in [-0.2, -0.15) is 23.2 Å². The lowest BCUT2D eigenvalue weighted by Crippen LogP contribution is -2.53. The minimum atomic E-state index is -4.85. The van der Waals surface area contributed by atoms with Crippen LogP contribution in [0.25, 0.3) is 0 Å². The highest BCUT2D eigenvalue weighted by atomic mass is 35.5. The van der Waals surface area contributed by atoms with Gasteiger partial charge in [0.15, 0.2) is 17.3 Å². The predicted octanol–water partition coefficient (Wildman–Crippen LogP) is 7.69. The Morgan fingerprint density at radius 2 is 1.66 bits per heavy atom. The van der Waals surface area contributed by atoms with E-state index in [-0.39, 0.29) is 41.7 Å². The van der Waals surface area contributed by atoms with Gasteiger partial charge in [0.05, 0.1) is 40.5 Å². The number of nitrogens with one attached hydrogen (secondary N) is 1. The van der Waals surface area contributed by atoms with Crippen LogP contribution in [0.3, 0.4) is 0 Å². The number of hydrogen-bond acceptors (Lipinski definition) is 9. The number of anilines is 2. The Hall–Kier alpha value is -5.67. The standard InChI is InChI=1S/C41H33Cl2F4N5O6/c1-3-58-31-18-20(4-16-30(31)53)34-25-13-14-26-33(38(56)52(36(26)54)50(2)35-29(43)15-17-32(48-35)41(45,46)47)27(25)19-28-37(55)51(49-24-11-9-23(44)10-12-24)39(57)40(28,34)21-5-7-22(42)8-6-21/h4-13,15-18,26-28,33-34,49,53H,3,14,19H2,1-2H3. The van der Waals surface area contributed by atoms with E-state index in [1.165, 1.54) is 25.2 Å². The number of phenols is 1. The SMILES string of the molecule is CCOc1cc(C2C3=CCC4C(=O)N(N(C)c5nc(C(F)(F)F)ccc5Cl)C(=O)C4C3CC3C(=O)N(Nc4ccc(F)cc4)C(=O)C32c2ccc(Cl)cc2)ccc1O. The number of pyridine rings is 1. The number of benzene rings is 3. The normalized spacial score (nSPS) is 25.3. The Labute approximate surface area is 338 Å². The van der Waals surface area contributed by atoms with Gasteiger partial charge in [0, 0.05) is 18.0 Å². The highest BCUT2D eigenvalue weighted by Gasteiger charge is 2.70. The molecule has 3 aromatic carbocycles. The molecular weight excluding hydrogens is 805 g/mol. The third-order valence-electron chi connectivity index (χ3n) is 11.6. The van der Waals surface area contributed by atoms with Crippen molar-refractivity contribution < 1.29 is 46.6 Å². The van der Waals surface area contributed by atoms with Crippen LogP contribution in [0.5, 0.6) is 11.5 Å². The molecule has 2 N–H and O–H groups in total. The van der Waals surface area contributed by atoms with Crippen LogP contribution < -0.4 is 15.2 Å². The summed E-state index contributed by atoms with van der Waals surface area (Å²) in [6, 6.07) is 17.8. The van der Waals surface area contributed by atoms with Crippen LogP contribution in [0.1, 0.15) is 42.5 Å². The minimum absolute atomic E-state index is 0.00309. The predicted molar refractivity (Wildman–Crippen MR) is 203 cm³/mol. The first kappa shape index (κ1) is 39.2. The number of allylic oxidation sites excluding steroid dienone is 2. The van der Waals surface area contributed by atoms with Crippen LogP contribution in [-0.2, 0) is 30.8 Å². The van der Waals surface area contributed by atoms with Gasteiger partial charge < -0.3 is 9.84 Å². The smallest absolute Gasteiger partial charge is 0.433 e. The number of ether oxygens (including phenoxy) is 1. The molecule has 0 radical (unpaired) electrons. The number of nitrogens with zero attached hydrogens (tertiary/aromatic N) is 4. The number of phenolic OH excluding ortho intramolecular Hbond substituents is 1. The molecule has 3 heterocycles. The third kappa shape index (κ3) is 6.05. The summed E-state index contributed by atoms with van der Waals surface area (Å²) in [5, 5.41) is 13.4. The molecule has 17 heteroatoms. The van der Waals surface area contributed by atoms with Crippen molar-refractivity contribution in [3.63, 3.8) is 0 Å². The maximum atomic E-state index is 15.3. The van der Waals surface area contributed by atoms with E-state index in [1.807, 2.05) is 0 Å². The molecule has 6 atom stereocenters. The topological polar surface area (TPSA) is 132 Å². The van der Waals surface area contributed by atoms with Crippen LogP contribution in [-0.4, -0.2) is 57.4 Å². The van der Waals surface area contributed by atoms with Crippen LogP contribution in [0, 0.1) is 29.5 Å². The highest BCUT2D eigenvalue weighted by molar-refractivity contribution is 6.33. The number of hydrogen-bond donors (Lipinski definition) is 2. The van der Waals surface area contributed by atoms with Crippen molar-refractivity contribution in [3.05, 3.63) is 123 Å². The quantitative estimate of drug-likeness (QED) is 0.104. The fraction of sp³-hybridized carbons (Fsp3) is 0.293. The lowest BCUT2D eigenvalue weighted by Gasteiger charge is -2.50. The first-order valence-corrected chi connectivity index (χ1v) is 19.0. The number of rotatable bonds is 8. The fourth-order valence-electron chi connectivity index (χ4n) is 9.20. The summed E-state index contributed by atoms with van der Waals surface area (Å²) in [4.78, 5) is 62.7. The van der Waals surface area contributed by atoms with E-state index >= 15 is 4.79 Å². The highest BCUT2D eigenvalue weighted by Crippen LogP contribution is 2.64. The van der Waals surface area contributed by atoms with Crippen molar-refractivity contribution in [2.75, 3.05) is 24.1 Å². The lowest BCUT2D eigenvalue weighted by molar-refractivity contribution is -0.142. The van der Waals surface area contributed by atoms with E-state index in [9.17, 15) is 37.1 Å². The Morgan fingerprint density at radius 1 is 0.948 bits per heavy atom. The molecule has 300 valence electrons. The van der Waals surface area contributed by atoms with Crippen molar-refractivity contribution in [1.29, 1.82) is 0 Å². The van der Waals surface area contributed by atoms with Crippen molar-refractivity contribution >= 4 is 58.3 Å². The second-order valence-corrected chi connectivity index (χ2v) is 15.4. The van der Waals surface area contributed by atoms with Crippen molar-refractivity contribution in [2.45, 2.75) is 37.3 Å². The number of carbonyl (C=O) groups is 4. The van der Waals surface area contributed by atoms with Crippen LogP contribution in [0.2, 0.25) is 10.0 Å². The molecule has 2 aliphatic heterocycles. The summed E-state index contributed by atoms with van der Waals surface area (Å²) in [6.45, 7) is 1.91. The van der Waals surface area contributed by atoms with Gasteiger partial charge in [0.25, 0.3) is 23.6 Å². The maximum absolute atomic E-state index is 15.3. The van der Waals surface area contributed by atoms with Gasteiger partial charge in [-0.05, 0) is 97.5 Å². The molecule has 2 saturated heterocycles. The number of imide groups is 2. The largest absolute Gasteiger partial charge is 0.504 e. The molecule has 58 heavy (non-hydrogen) atoms. The van der Waals surface area contributed by atoms with E-state index in [2.05, 4.69) is 10.4 Å². The first-order valence-electron chi connectivity index (χ1n) is 18.2. The van der Waals surface area contributed by atoms with Gasteiger partial charge in [-0.15, -0.1) is 0 Å². The molecule has 0 spiro atoms. The molecule has 11 nitrogen and oxygen atoms in total. The number of halogens is 6.